The molecule has 1 heterocycles. The molecule has 62 valence electrons. The van der Waals surface area contributed by atoms with E-state index in [9.17, 15) is 0 Å². The van der Waals surface area contributed by atoms with E-state index in [1.807, 2.05) is 0 Å². The van der Waals surface area contributed by atoms with Gasteiger partial charge in [0, 0.05) is 12.1 Å². The minimum Gasteiger partial charge on any atom is -0.285 e. The first-order chi connectivity index (χ1) is 5.25. The van der Waals surface area contributed by atoms with Crippen molar-refractivity contribution in [1.29, 1.82) is 5.26 Å². The first kappa shape index (κ1) is 8.55. The normalized spacial score (nSPS) is 33.2. The highest BCUT2D eigenvalue weighted by molar-refractivity contribution is 4.86. The molecular weight excluding hydrogens is 136 g/mol. The lowest BCUT2D eigenvalue weighted by atomic mass is 9.98. The Kier molecular flexibility index (Phi) is 2.90. The van der Waals surface area contributed by atoms with Crippen LogP contribution in [0.2, 0.25) is 0 Å². The fraction of sp³-hybridized carbons (Fsp3) is 0.889. The zero-order chi connectivity index (χ0) is 8.27. The number of likely N-dealkylation sites (tertiary alicyclic amines) is 1. The number of nitrogens with zero attached hydrogens (tertiary/aromatic N) is 2. The summed E-state index contributed by atoms with van der Waals surface area (Å²) < 4.78 is 0. The summed E-state index contributed by atoms with van der Waals surface area (Å²) >= 11 is 0. The molecule has 0 aromatic carbocycles. The summed E-state index contributed by atoms with van der Waals surface area (Å²) in [7, 11) is 0. The van der Waals surface area contributed by atoms with E-state index in [0.717, 1.165) is 0 Å². The molecule has 2 atom stereocenters. The first-order valence-corrected chi connectivity index (χ1v) is 4.38. The largest absolute Gasteiger partial charge is 0.285 e. The van der Waals surface area contributed by atoms with Crippen LogP contribution in [0.1, 0.15) is 33.1 Å². The van der Waals surface area contributed by atoms with Crippen LogP contribution in [0, 0.1) is 11.3 Å². The summed E-state index contributed by atoms with van der Waals surface area (Å²) in [6.45, 7) is 5.03. The molecule has 1 aliphatic heterocycles. The Morgan fingerprint density at radius 3 is 2.36 bits per heavy atom. The van der Waals surface area contributed by atoms with Crippen molar-refractivity contribution in [1.82, 2.24) is 4.90 Å². The highest BCUT2D eigenvalue weighted by Gasteiger charge is 2.23. The maximum atomic E-state index is 8.56. The molecular formula is C9H16N2. The fourth-order valence-electron chi connectivity index (χ4n) is 1.87. The standard InChI is InChI=1S/C9H16N2/c1-8-4-3-5-9(2)11(8)7-6-10/h8-9H,3-5,7H2,1-2H3/t8-,9-/m1/s1. The zero-order valence-electron chi connectivity index (χ0n) is 7.38. The summed E-state index contributed by atoms with van der Waals surface area (Å²) in [6, 6.07) is 3.44. The van der Waals surface area contributed by atoms with E-state index in [1.165, 1.54) is 19.3 Å². The maximum Gasteiger partial charge on any atom is 0.0870 e. The first-order valence-electron chi connectivity index (χ1n) is 4.38. The van der Waals surface area contributed by atoms with Gasteiger partial charge in [0.2, 0.25) is 0 Å². The van der Waals surface area contributed by atoms with E-state index in [4.69, 9.17) is 5.26 Å². The van der Waals surface area contributed by atoms with E-state index < -0.39 is 0 Å². The van der Waals surface area contributed by atoms with E-state index in [-0.39, 0.29) is 0 Å². The second kappa shape index (κ2) is 3.73. The highest BCUT2D eigenvalue weighted by Crippen LogP contribution is 2.21. The van der Waals surface area contributed by atoms with Crippen LogP contribution in [0.4, 0.5) is 0 Å². The van der Waals surface area contributed by atoms with E-state index in [1.54, 1.807) is 0 Å². The monoisotopic (exact) mass is 152 g/mol. The molecule has 1 rings (SSSR count). The SMILES string of the molecule is C[C@@H]1CCC[C@@H](C)N1CC#N. The lowest BCUT2D eigenvalue weighted by Crippen LogP contribution is -2.43. The summed E-state index contributed by atoms with van der Waals surface area (Å²) in [5.74, 6) is 0. The van der Waals surface area contributed by atoms with Crippen LogP contribution in [0.25, 0.3) is 0 Å². The predicted octanol–water partition coefficient (Wildman–Crippen LogP) is 1.77. The van der Waals surface area contributed by atoms with Gasteiger partial charge in [0.1, 0.15) is 0 Å². The van der Waals surface area contributed by atoms with Gasteiger partial charge < -0.3 is 0 Å². The van der Waals surface area contributed by atoms with E-state index in [0.29, 0.717) is 18.6 Å². The molecule has 0 amide bonds. The van der Waals surface area contributed by atoms with Gasteiger partial charge in [-0.2, -0.15) is 5.26 Å². The summed E-state index contributed by atoms with van der Waals surface area (Å²) in [5.41, 5.74) is 0. The van der Waals surface area contributed by atoms with Gasteiger partial charge in [0.25, 0.3) is 0 Å². The molecule has 1 aliphatic rings. The lowest BCUT2D eigenvalue weighted by molar-refractivity contribution is 0.121. The molecule has 2 heteroatoms. The number of nitriles is 1. The highest BCUT2D eigenvalue weighted by atomic mass is 15.2. The van der Waals surface area contributed by atoms with Crippen molar-refractivity contribution in [3.8, 4) is 6.07 Å². The summed E-state index contributed by atoms with van der Waals surface area (Å²) in [6.07, 6.45) is 3.84. The Morgan fingerprint density at radius 1 is 1.36 bits per heavy atom. The van der Waals surface area contributed by atoms with Gasteiger partial charge in [-0.1, -0.05) is 6.42 Å². The molecule has 1 fully saturated rings. The number of hydrogen-bond donors (Lipinski definition) is 0. The molecule has 1 saturated heterocycles. The Labute approximate surface area is 68.8 Å². The molecule has 0 radical (unpaired) electrons. The van der Waals surface area contributed by atoms with Crippen molar-refractivity contribution < 1.29 is 0 Å². The molecule has 0 bridgehead atoms. The molecule has 0 unspecified atom stereocenters. The molecule has 0 aromatic rings. The minimum atomic E-state index is 0.600. The lowest BCUT2D eigenvalue weighted by Gasteiger charge is -2.37. The van der Waals surface area contributed by atoms with Crippen LogP contribution in [0.3, 0.4) is 0 Å². The van der Waals surface area contributed by atoms with Crippen LogP contribution in [-0.4, -0.2) is 23.5 Å². The van der Waals surface area contributed by atoms with Gasteiger partial charge in [-0.05, 0) is 26.7 Å². The summed E-state index contributed by atoms with van der Waals surface area (Å²) in [4.78, 5) is 2.30. The average molecular weight is 152 g/mol. The number of hydrogen-bond acceptors (Lipinski definition) is 2. The number of rotatable bonds is 1. The van der Waals surface area contributed by atoms with Crippen molar-refractivity contribution in [3.63, 3.8) is 0 Å². The predicted molar refractivity (Wildman–Crippen MR) is 45.1 cm³/mol. The van der Waals surface area contributed by atoms with Crippen molar-refractivity contribution in [2.75, 3.05) is 6.54 Å². The minimum absolute atomic E-state index is 0.600. The average Bonchev–Trinajstić information content (AvgIpc) is 1.97. The fourth-order valence-corrected chi connectivity index (χ4v) is 1.87. The van der Waals surface area contributed by atoms with E-state index >= 15 is 0 Å². The molecule has 0 aromatic heterocycles. The molecule has 0 aliphatic carbocycles. The van der Waals surface area contributed by atoms with E-state index in [2.05, 4.69) is 24.8 Å². The van der Waals surface area contributed by atoms with Gasteiger partial charge in [0.15, 0.2) is 0 Å². The summed E-state index contributed by atoms with van der Waals surface area (Å²) in [5, 5.41) is 8.56. The second-order valence-electron chi connectivity index (χ2n) is 3.46. The number of piperidine rings is 1. The third-order valence-corrected chi connectivity index (χ3v) is 2.63. The Balaban J connectivity index is 2.49. The van der Waals surface area contributed by atoms with Crippen molar-refractivity contribution >= 4 is 0 Å². The maximum absolute atomic E-state index is 8.56. The van der Waals surface area contributed by atoms with Crippen LogP contribution >= 0.6 is 0 Å². The smallest absolute Gasteiger partial charge is 0.0870 e. The van der Waals surface area contributed by atoms with Crippen LogP contribution in [0.15, 0.2) is 0 Å². The van der Waals surface area contributed by atoms with Crippen LogP contribution < -0.4 is 0 Å². The van der Waals surface area contributed by atoms with Crippen molar-refractivity contribution in [2.24, 2.45) is 0 Å². The third kappa shape index (κ3) is 1.94. The topological polar surface area (TPSA) is 27.0 Å². The quantitative estimate of drug-likeness (QED) is 0.535. The van der Waals surface area contributed by atoms with Gasteiger partial charge in [-0.25, -0.2) is 0 Å². The molecule has 0 spiro atoms. The Morgan fingerprint density at radius 2 is 1.91 bits per heavy atom. The van der Waals surface area contributed by atoms with Crippen molar-refractivity contribution in [3.05, 3.63) is 0 Å². The van der Waals surface area contributed by atoms with Gasteiger partial charge in [-0.15, -0.1) is 0 Å². The Bertz CT molecular complexity index is 149. The molecule has 11 heavy (non-hydrogen) atoms. The second-order valence-corrected chi connectivity index (χ2v) is 3.46. The molecule has 0 saturated carbocycles. The molecule has 0 N–H and O–H groups in total. The van der Waals surface area contributed by atoms with Crippen LogP contribution in [-0.2, 0) is 0 Å². The van der Waals surface area contributed by atoms with Gasteiger partial charge >= 0.3 is 0 Å². The Hall–Kier alpha value is -0.550. The van der Waals surface area contributed by atoms with Crippen molar-refractivity contribution in [2.45, 2.75) is 45.2 Å². The van der Waals surface area contributed by atoms with Gasteiger partial charge in [-0.3, -0.25) is 4.90 Å². The van der Waals surface area contributed by atoms with Crippen LogP contribution in [0.5, 0.6) is 0 Å². The third-order valence-electron chi connectivity index (χ3n) is 2.63. The van der Waals surface area contributed by atoms with Gasteiger partial charge in [0.05, 0.1) is 12.6 Å². The zero-order valence-corrected chi connectivity index (χ0v) is 7.38. The molecule has 2 nitrogen and oxygen atoms in total.